The third kappa shape index (κ3) is 3.25. The van der Waals surface area contributed by atoms with E-state index in [1.54, 1.807) is 0 Å². The van der Waals surface area contributed by atoms with Crippen molar-refractivity contribution in [1.29, 1.82) is 0 Å². The summed E-state index contributed by atoms with van der Waals surface area (Å²) in [5, 5.41) is 3.74. The number of hydrogen-bond acceptors (Lipinski definition) is 3. The van der Waals surface area contributed by atoms with E-state index in [9.17, 15) is 0 Å². The molecule has 0 radical (unpaired) electrons. The van der Waals surface area contributed by atoms with E-state index in [4.69, 9.17) is 4.74 Å². The van der Waals surface area contributed by atoms with Gasteiger partial charge in [0.05, 0.1) is 6.61 Å². The van der Waals surface area contributed by atoms with Crippen LogP contribution in [-0.2, 0) is 4.74 Å². The maximum Gasteiger partial charge on any atom is 0.0647 e. The van der Waals surface area contributed by atoms with Gasteiger partial charge < -0.3 is 10.1 Å². The molecule has 2 rings (SSSR count). The first-order chi connectivity index (χ1) is 8.65. The molecule has 2 saturated heterocycles. The summed E-state index contributed by atoms with van der Waals surface area (Å²) >= 11 is 0. The summed E-state index contributed by atoms with van der Waals surface area (Å²) in [4.78, 5) is 2.70. The molecule has 1 N–H and O–H groups in total. The van der Waals surface area contributed by atoms with Crippen LogP contribution in [0, 0.1) is 5.92 Å². The number of ether oxygens (including phenoxy) is 1. The minimum Gasteiger partial charge on any atom is -0.380 e. The Balaban J connectivity index is 2.01. The number of rotatable bonds is 3. The van der Waals surface area contributed by atoms with Crippen LogP contribution >= 0.6 is 0 Å². The molecule has 3 unspecified atom stereocenters. The zero-order valence-electron chi connectivity index (χ0n) is 12.4. The zero-order chi connectivity index (χ0) is 13.0. The van der Waals surface area contributed by atoms with E-state index in [0.717, 1.165) is 19.1 Å². The van der Waals surface area contributed by atoms with Crippen molar-refractivity contribution in [3.8, 4) is 0 Å². The second-order valence-electron chi connectivity index (χ2n) is 6.40. The van der Waals surface area contributed by atoms with E-state index in [2.05, 4.69) is 31.0 Å². The van der Waals surface area contributed by atoms with E-state index < -0.39 is 0 Å². The van der Waals surface area contributed by atoms with E-state index in [1.165, 1.54) is 45.3 Å². The zero-order valence-corrected chi connectivity index (χ0v) is 12.4. The van der Waals surface area contributed by atoms with Crippen molar-refractivity contribution < 1.29 is 4.74 Å². The molecular formula is C15H30N2O. The summed E-state index contributed by atoms with van der Waals surface area (Å²) in [5.74, 6) is 0.763. The quantitative estimate of drug-likeness (QED) is 0.836. The molecule has 0 aromatic rings. The lowest BCUT2D eigenvalue weighted by Gasteiger charge is -2.44. The lowest BCUT2D eigenvalue weighted by Crippen LogP contribution is -2.55. The van der Waals surface area contributed by atoms with Gasteiger partial charge in [-0.25, -0.2) is 0 Å². The summed E-state index contributed by atoms with van der Waals surface area (Å²) in [7, 11) is 0. The minimum atomic E-state index is 0.274. The summed E-state index contributed by atoms with van der Waals surface area (Å²) in [6, 6.07) is 0.649. The molecule has 0 aromatic heterocycles. The minimum absolute atomic E-state index is 0.274. The molecule has 0 aliphatic carbocycles. The third-order valence-corrected chi connectivity index (χ3v) is 4.94. The molecule has 2 heterocycles. The molecule has 3 atom stereocenters. The first-order valence-electron chi connectivity index (χ1n) is 7.72. The van der Waals surface area contributed by atoms with E-state index in [-0.39, 0.29) is 5.54 Å². The highest BCUT2D eigenvalue weighted by molar-refractivity contribution is 4.92. The number of nitrogens with one attached hydrogen (secondary N) is 1. The topological polar surface area (TPSA) is 24.5 Å². The van der Waals surface area contributed by atoms with Crippen LogP contribution in [0.2, 0.25) is 0 Å². The van der Waals surface area contributed by atoms with Crippen LogP contribution in [0.15, 0.2) is 0 Å². The molecule has 2 aliphatic heterocycles. The smallest absolute Gasteiger partial charge is 0.0647 e. The van der Waals surface area contributed by atoms with Crippen LogP contribution in [0.3, 0.4) is 0 Å². The fraction of sp³-hybridized carbons (Fsp3) is 1.00. The van der Waals surface area contributed by atoms with Gasteiger partial charge in [-0.3, -0.25) is 4.90 Å². The maximum atomic E-state index is 5.74. The largest absolute Gasteiger partial charge is 0.380 e. The fourth-order valence-electron chi connectivity index (χ4n) is 3.28. The van der Waals surface area contributed by atoms with Gasteiger partial charge in [0.15, 0.2) is 0 Å². The normalized spacial score (nSPS) is 37.2. The Hall–Kier alpha value is -0.120. The molecule has 2 aliphatic rings. The average molecular weight is 254 g/mol. The predicted octanol–water partition coefficient (Wildman–Crippen LogP) is 2.27. The first kappa shape index (κ1) is 14.3. The van der Waals surface area contributed by atoms with E-state index >= 15 is 0 Å². The van der Waals surface area contributed by atoms with Crippen molar-refractivity contribution >= 4 is 0 Å². The summed E-state index contributed by atoms with van der Waals surface area (Å²) < 4.78 is 5.74. The van der Waals surface area contributed by atoms with Crippen molar-refractivity contribution in [2.24, 2.45) is 5.92 Å². The molecule has 0 bridgehead atoms. The molecule has 18 heavy (non-hydrogen) atoms. The summed E-state index contributed by atoms with van der Waals surface area (Å²) in [6.07, 6.45) is 5.04. The average Bonchev–Trinajstić information content (AvgIpc) is 2.65. The number of hydrogen-bond donors (Lipinski definition) is 1. The van der Waals surface area contributed by atoms with Gasteiger partial charge in [-0.05, 0) is 38.6 Å². The monoisotopic (exact) mass is 254 g/mol. The SMILES string of the molecule is CCC(C)C1CN(C2(C)CCCOC2)CCCN1. The van der Waals surface area contributed by atoms with Gasteiger partial charge in [-0.1, -0.05) is 20.3 Å². The van der Waals surface area contributed by atoms with E-state index in [0.29, 0.717) is 6.04 Å². The van der Waals surface area contributed by atoms with Crippen molar-refractivity contribution in [2.75, 3.05) is 32.8 Å². The Labute approximate surface area is 112 Å². The van der Waals surface area contributed by atoms with Crippen molar-refractivity contribution in [3.63, 3.8) is 0 Å². The molecule has 0 spiro atoms. The van der Waals surface area contributed by atoms with Gasteiger partial charge in [0.25, 0.3) is 0 Å². The highest BCUT2D eigenvalue weighted by Crippen LogP contribution is 2.28. The lowest BCUT2D eigenvalue weighted by molar-refractivity contribution is -0.0418. The first-order valence-corrected chi connectivity index (χ1v) is 7.72. The second kappa shape index (κ2) is 6.36. The molecule has 2 fully saturated rings. The van der Waals surface area contributed by atoms with Gasteiger partial charge >= 0.3 is 0 Å². The van der Waals surface area contributed by atoms with Gasteiger partial charge in [0.1, 0.15) is 0 Å². The van der Waals surface area contributed by atoms with Crippen LogP contribution < -0.4 is 5.32 Å². The van der Waals surface area contributed by atoms with Crippen LogP contribution in [0.25, 0.3) is 0 Å². The van der Waals surface area contributed by atoms with Gasteiger partial charge in [-0.15, -0.1) is 0 Å². The second-order valence-corrected chi connectivity index (χ2v) is 6.40. The highest BCUT2D eigenvalue weighted by atomic mass is 16.5. The molecule has 3 heteroatoms. The van der Waals surface area contributed by atoms with Gasteiger partial charge in [-0.2, -0.15) is 0 Å². The van der Waals surface area contributed by atoms with Gasteiger partial charge in [0.2, 0.25) is 0 Å². The Morgan fingerprint density at radius 1 is 1.44 bits per heavy atom. The van der Waals surface area contributed by atoms with Gasteiger partial charge in [0, 0.05) is 31.3 Å². The molecule has 106 valence electrons. The Morgan fingerprint density at radius 3 is 2.94 bits per heavy atom. The number of nitrogens with zero attached hydrogens (tertiary/aromatic N) is 1. The Bertz CT molecular complexity index is 251. The van der Waals surface area contributed by atoms with Crippen molar-refractivity contribution in [2.45, 2.75) is 58.0 Å². The maximum absolute atomic E-state index is 5.74. The fourth-order valence-corrected chi connectivity index (χ4v) is 3.28. The van der Waals surface area contributed by atoms with Crippen LogP contribution in [-0.4, -0.2) is 49.3 Å². The molecule has 0 saturated carbocycles. The molecule has 0 aromatic carbocycles. The highest BCUT2D eigenvalue weighted by Gasteiger charge is 2.36. The summed E-state index contributed by atoms with van der Waals surface area (Å²) in [5.41, 5.74) is 0.274. The van der Waals surface area contributed by atoms with Crippen LogP contribution in [0.5, 0.6) is 0 Å². The predicted molar refractivity (Wildman–Crippen MR) is 75.9 cm³/mol. The van der Waals surface area contributed by atoms with Crippen molar-refractivity contribution in [3.05, 3.63) is 0 Å². The van der Waals surface area contributed by atoms with Crippen LogP contribution in [0.1, 0.15) is 46.5 Å². The van der Waals surface area contributed by atoms with Crippen molar-refractivity contribution in [1.82, 2.24) is 10.2 Å². The third-order valence-electron chi connectivity index (χ3n) is 4.94. The molecule has 0 amide bonds. The molecule has 3 nitrogen and oxygen atoms in total. The lowest BCUT2D eigenvalue weighted by atomic mass is 9.90. The summed E-state index contributed by atoms with van der Waals surface area (Å²) in [6.45, 7) is 12.5. The van der Waals surface area contributed by atoms with E-state index in [1.807, 2.05) is 0 Å². The van der Waals surface area contributed by atoms with Crippen LogP contribution in [0.4, 0.5) is 0 Å². The standard InChI is InChI=1S/C15H30N2O/c1-4-13(2)14-11-17(9-6-8-16-14)15(3)7-5-10-18-12-15/h13-14,16H,4-12H2,1-3H3. The Kier molecular flexibility index (Phi) is 5.05. The molecular weight excluding hydrogens is 224 g/mol. The Morgan fingerprint density at radius 2 is 2.28 bits per heavy atom.